The topological polar surface area (TPSA) is 91.4 Å². The van der Waals surface area contributed by atoms with Crippen molar-refractivity contribution in [2.24, 2.45) is 0 Å². The van der Waals surface area contributed by atoms with Crippen LogP contribution in [0.1, 0.15) is 21.7 Å². The third kappa shape index (κ3) is 5.57. The quantitative estimate of drug-likeness (QED) is 0.231. The third-order valence-electron chi connectivity index (χ3n) is 5.87. The molecule has 1 amide bonds. The van der Waals surface area contributed by atoms with Crippen molar-refractivity contribution < 1.29 is 18.7 Å². The number of aromatic nitrogens is 3. The summed E-state index contributed by atoms with van der Waals surface area (Å²) in [5, 5.41) is 12.6. The zero-order valence-corrected chi connectivity index (χ0v) is 21.8. The summed E-state index contributed by atoms with van der Waals surface area (Å²) in [5.41, 5.74) is 3.35. The number of rotatable bonds is 10. The molecule has 5 aromatic rings. The predicted molar refractivity (Wildman–Crippen MR) is 146 cm³/mol. The summed E-state index contributed by atoms with van der Waals surface area (Å²) in [5.74, 6) is 3.32. The van der Waals surface area contributed by atoms with E-state index in [0.29, 0.717) is 40.4 Å². The highest BCUT2D eigenvalue weighted by Gasteiger charge is 2.19. The molecule has 0 saturated carbocycles. The number of nitrogens with one attached hydrogen (secondary N) is 1. The van der Waals surface area contributed by atoms with Gasteiger partial charge in [-0.25, -0.2) is 0 Å². The molecule has 3 aromatic carbocycles. The highest BCUT2D eigenvalue weighted by atomic mass is 32.2. The number of carbonyl (C=O) groups is 1. The van der Waals surface area contributed by atoms with Crippen molar-refractivity contribution in [2.75, 3.05) is 14.2 Å². The van der Waals surface area contributed by atoms with Crippen LogP contribution in [0.2, 0.25) is 0 Å². The second-order valence-electron chi connectivity index (χ2n) is 8.29. The molecule has 0 saturated heterocycles. The van der Waals surface area contributed by atoms with Crippen LogP contribution in [0.3, 0.4) is 0 Å². The highest BCUT2D eigenvalue weighted by molar-refractivity contribution is 7.98. The maximum absolute atomic E-state index is 12.5. The van der Waals surface area contributed by atoms with Crippen LogP contribution >= 0.6 is 11.8 Å². The van der Waals surface area contributed by atoms with Crippen molar-refractivity contribution in [2.45, 2.75) is 17.5 Å². The van der Waals surface area contributed by atoms with Gasteiger partial charge in [0.15, 0.2) is 11.0 Å². The Kier molecular flexibility index (Phi) is 7.75. The van der Waals surface area contributed by atoms with E-state index in [1.807, 2.05) is 83.4 Å². The van der Waals surface area contributed by atoms with Gasteiger partial charge in [-0.1, -0.05) is 48.2 Å². The minimum absolute atomic E-state index is 0.153. The normalized spacial score (nSPS) is 10.8. The van der Waals surface area contributed by atoms with Crippen molar-refractivity contribution in [1.82, 2.24) is 20.1 Å². The van der Waals surface area contributed by atoms with Crippen LogP contribution in [0.15, 0.2) is 101 Å². The van der Waals surface area contributed by atoms with Crippen LogP contribution in [0, 0.1) is 0 Å². The molecule has 0 aliphatic rings. The number of furan rings is 1. The molecule has 5 rings (SSSR count). The number of hydrogen-bond acceptors (Lipinski definition) is 7. The van der Waals surface area contributed by atoms with Crippen LogP contribution in [0.4, 0.5) is 0 Å². The fourth-order valence-electron chi connectivity index (χ4n) is 3.93. The van der Waals surface area contributed by atoms with Gasteiger partial charge in [0, 0.05) is 16.9 Å². The average Bonchev–Trinajstić information content (AvgIpc) is 3.65. The summed E-state index contributed by atoms with van der Waals surface area (Å²) >= 11 is 1.55. The summed E-state index contributed by atoms with van der Waals surface area (Å²) in [6.45, 7) is 0.345. The van der Waals surface area contributed by atoms with E-state index in [0.717, 1.165) is 22.6 Å². The lowest BCUT2D eigenvalue weighted by molar-refractivity contribution is 0.0948. The lowest BCUT2D eigenvalue weighted by atomic mass is 10.1. The molecule has 0 aliphatic heterocycles. The number of para-hydroxylation sites is 2. The Labute approximate surface area is 224 Å². The van der Waals surface area contributed by atoms with Crippen LogP contribution in [-0.2, 0) is 12.3 Å². The molecule has 1 N–H and O–H groups in total. The molecular formula is C29H26N4O4S. The lowest BCUT2D eigenvalue weighted by Crippen LogP contribution is -2.22. The second kappa shape index (κ2) is 11.7. The van der Waals surface area contributed by atoms with Crippen LogP contribution in [-0.4, -0.2) is 34.9 Å². The zero-order chi connectivity index (χ0) is 26.3. The number of carbonyl (C=O) groups excluding carboxylic acids is 1. The molecule has 0 fully saturated rings. The van der Waals surface area contributed by atoms with E-state index in [9.17, 15) is 4.79 Å². The van der Waals surface area contributed by atoms with Gasteiger partial charge in [-0.05, 0) is 54.1 Å². The van der Waals surface area contributed by atoms with E-state index in [1.165, 1.54) is 0 Å². The van der Waals surface area contributed by atoms with E-state index in [2.05, 4.69) is 15.5 Å². The molecule has 0 atom stereocenters. The number of ether oxygens (including phenoxy) is 2. The van der Waals surface area contributed by atoms with Crippen molar-refractivity contribution in [3.63, 3.8) is 0 Å². The molecule has 192 valence electrons. The maximum atomic E-state index is 12.5. The van der Waals surface area contributed by atoms with Crippen LogP contribution in [0.5, 0.6) is 11.5 Å². The monoisotopic (exact) mass is 526 g/mol. The van der Waals surface area contributed by atoms with Crippen molar-refractivity contribution in [1.29, 1.82) is 0 Å². The summed E-state index contributed by atoms with van der Waals surface area (Å²) in [7, 11) is 3.28. The molecular weight excluding hydrogens is 500 g/mol. The first-order chi connectivity index (χ1) is 18.7. The first kappa shape index (κ1) is 25.2. The number of thioether (sulfide) groups is 1. The molecule has 38 heavy (non-hydrogen) atoms. The van der Waals surface area contributed by atoms with E-state index in [4.69, 9.17) is 13.9 Å². The van der Waals surface area contributed by atoms with Crippen molar-refractivity contribution in [3.05, 3.63) is 108 Å². The van der Waals surface area contributed by atoms with Crippen LogP contribution in [0.25, 0.3) is 17.1 Å². The first-order valence-corrected chi connectivity index (χ1v) is 12.9. The number of nitrogens with zero attached hydrogens (tertiary/aromatic N) is 3. The van der Waals surface area contributed by atoms with Crippen LogP contribution < -0.4 is 14.8 Å². The van der Waals surface area contributed by atoms with Crippen molar-refractivity contribution >= 4 is 17.7 Å². The van der Waals surface area contributed by atoms with Gasteiger partial charge >= 0.3 is 0 Å². The van der Waals surface area contributed by atoms with Gasteiger partial charge in [0.2, 0.25) is 0 Å². The Balaban J connectivity index is 1.37. The Morgan fingerprint density at radius 2 is 1.79 bits per heavy atom. The molecule has 9 heteroatoms. The Morgan fingerprint density at radius 1 is 0.947 bits per heavy atom. The van der Waals surface area contributed by atoms with E-state index < -0.39 is 0 Å². The van der Waals surface area contributed by atoms with E-state index in [1.54, 1.807) is 38.3 Å². The minimum atomic E-state index is -0.153. The van der Waals surface area contributed by atoms with E-state index >= 15 is 0 Å². The number of benzene rings is 3. The van der Waals surface area contributed by atoms with Crippen molar-refractivity contribution in [3.8, 4) is 28.6 Å². The molecule has 2 heterocycles. The first-order valence-electron chi connectivity index (χ1n) is 11.9. The number of methoxy groups -OCH3 is 2. The summed E-state index contributed by atoms with van der Waals surface area (Å²) in [6.07, 6.45) is 1.59. The van der Waals surface area contributed by atoms with Gasteiger partial charge in [0.25, 0.3) is 5.91 Å². The smallest absolute Gasteiger partial charge is 0.251 e. The summed E-state index contributed by atoms with van der Waals surface area (Å²) in [4.78, 5) is 12.5. The minimum Gasteiger partial charge on any atom is -0.497 e. The SMILES string of the molecule is COc1cccc(-c2nnc(SCc3ccc(C(=O)NCc4ccco4)cc3)n2-c2ccccc2OC)c1. The molecule has 0 spiro atoms. The zero-order valence-electron chi connectivity index (χ0n) is 21.0. The Bertz CT molecular complexity index is 1510. The lowest BCUT2D eigenvalue weighted by Gasteiger charge is -2.14. The highest BCUT2D eigenvalue weighted by Crippen LogP contribution is 2.34. The predicted octanol–water partition coefficient (Wildman–Crippen LogP) is 5.77. The van der Waals surface area contributed by atoms with Gasteiger partial charge < -0.3 is 19.2 Å². The summed E-state index contributed by atoms with van der Waals surface area (Å²) < 4.78 is 18.3. The Hall–Kier alpha value is -4.50. The fraction of sp³-hybridized carbons (Fsp3) is 0.138. The fourth-order valence-corrected chi connectivity index (χ4v) is 4.83. The number of amides is 1. The molecule has 8 nitrogen and oxygen atoms in total. The Morgan fingerprint density at radius 3 is 2.55 bits per heavy atom. The number of hydrogen-bond donors (Lipinski definition) is 1. The molecule has 0 radical (unpaired) electrons. The largest absolute Gasteiger partial charge is 0.497 e. The maximum Gasteiger partial charge on any atom is 0.251 e. The average molecular weight is 527 g/mol. The molecule has 0 bridgehead atoms. The third-order valence-corrected chi connectivity index (χ3v) is 6.87. The molecule has 0 aliphatic carbocycles. The molecule has 0 unspecified atom stereocenters. The second-order valence-corrected chi connectivity index (χ2v) is 9.24. The van der Waals surface area contributed by atoms with Gasteiger partial charge in [-0.15, -0.1) is 10.2 Å². The van der Waals surface area contributed by atoms with Gasteiger partial charge in [-0.2, -0.15) is 0 Å². The molecule has 2 aromatic heterocycles. The van der Waals surface area contributed by atoms with Gasteiger partial charge in [0.1, 0.15) is 17.3 Å². The van der Waals surface area contributed by atoms with Gasteiger partial charge in [0.05, 0.1) is 32.7 Å². The standard InChI is InChI=1S/C29H26N4O4S/c1-35-23-8-5-7-22(17-23)27-31-32-29(33(27)25-10-3-4-11-26(25)36-2)38-19-20-12-14-21(15-13-20)28(34)30-18-24-9-6-16-37-24/h3-17H,18-19H2,1-2H3,(H,30,34). The summed E-state index contributed by atoms with van der Waals surface area (Å²) in [6, 6.07) is 26.6. The van der Waals surface area contributed by atoms with E-state index in [-0.39, 0.29) is 5.91 Å². The van der Waals surface area contributed by atoms with Gasteiger partial charge in [-0.3, -0.25) is 9.36 Å².